The van der Waals surface area contributed by atoms with E-state index in [-0.39, 0.29) is 6.04 Å². The molecule has 2 aromatic rings. The molecule has 1 aromatic carbocycles. The molecule has 3 nitrogen and oxygen atoms in total. The number of nitrogens with zero attached hydrogens (tertiary/aromatic N) is 1. The molecule has 1 aromatic heterocycles. The first-order valence-electron chi connectivity index (χ1n) is 6.20. The SMILES string of the molecule is CCOc1ccc(Cl)cc1NC(C)c1scnc1C. The second-order valence-electron chi connectivity index (χ2n) is 4.24. The predicted octanol–water partition coefficient (Wildman–Crippen LogP) is 4.68. The van der Waals surface area contributed by atoms with Crippen LogP contribution in [0.2, 0.25) is 5.02 Å². The standard InChI is InChI=1S/C14H17ClN2OS/c1-4-18-13-6-5-11(15)7-12(13)17-10(3)14-9(2)16-8-19-14/h5-8,10,17H,4H2,1-3H3. The number of aromatic nitrogens is 1. The van der Waals surface area contributed by atoms with Gasteiger partial charge in [-0.2, -0.15) is 0 Å². The smallest absolute Gasteiger partial charge is 0.142 e. The third kappa shape index (κ3) is 3.39. The summed E-state index contributed by atoms with van der Waals surface area (Å²) in [4.78, 5) is 5.50. The number of hydrogen-bond acceptors (Lipinski definition) is 4. The van der Waals surface area contributed by atoms with Gasteiger partial charge in [0.15, 0.2) is 0 Å². The van der Waals surface area contributed by atoms with Crippen molar-refractivity contribution in [2.75, 3.05) is 11.9 Å². The van der Waals surface area contributed by atoms with Crippen molar-refractivity contribution in [1.29, 1.82) is 0 Å². The second-order valence-corrected chi connectivity index (χ2v) is 5.56. The van der Waals surface area contributed by atoms with Crippen molar-refractivity contribution in [2.45, 2.75) is 26.8 Å². The maximum absolute atomic E-state index is 6.05. The molecule has 0 aliphatic carbocycles. The van der Waals surface area contributed by atoms with Crippen LogP contribution in [0.4, 0.5) is 5.69 Å². The van der Waals surface area contributed by atoms with Gasteiger partial charge < -0.3 is 10.1 Å². The molecule has 2 rings (SSSR count). The number of hydrogen-bond donors (Lipinski definition) is 1. The Morgan fingerprint density at radius 2 is 2.26 bits per heavy atom. The zero-order chi connectivity index (χ0) is 13.8. The maximum Gasteiger partial charge on any atom is 0.142 e. The molecule has 0 saturated carbocycles. The Kier molecular flexibility index (Phi) is 4.66. The van der Waals surface area contributed by atoms with Crippen molar-refractivity contribution in [3.8, 4) is 5.75 Å². The number of anilines is 1. The fourth-order valence-corrected chi connectivity index (χ4v) is 2.90. The Bertz CT molecular complexity index is 556. The highest BCUT2D eigenvalue weighted by Gasteiger charge is 2.13. The predicted molar refractivity (Wildman–Crippen MR) is 81.5 cm³/mol. The summed E-state index contributed by atoms with van der Waals surface area (Å²) in [6.45, 7) is 6.72. The van der Waals surface area contributed by atoms with Crippen LogP contribution in [0.3, 0.4) is 0 Å². The Morgan fingerprint density at radius 3 is 2.89 bits per heavy atom. The van der Waals surface area contributed by atoms with Gasteiger partial charge in [0.2, 0.25) is 0 Å². The molecule has 0 amide bonds. The first kappa shape index (κ1) is 14.2. The van der Waals surface area contributed by atoms with Gasteiger partial charge in [-0.15, -0.1) is 11.3 Å². The number of ether oxygens (including phenoxy) is 1. The maximum atomic E-state index is 6.05. The lowest BCUT2D eigenvalue weighted by Crippen LogP contribution is -2.08. The summed E-state index contributed by atoms with van der Waals surface area (Å²) in [5.74, 6) is 0.820. The lowest BCUT2D eigenvalue weighted by Gasteiger charge is -2.17. The summed E-state index contributed by atoms with van der Waals surface area (Å²) in [5, 5.41) is 4.13. The van der Waals surface area contributed by atoms with E-state index in [4.69, 9.17) is 16.3 Å². The van der Waals surface area contributed by atoms with E-state index in [0.717, 1.165) is 17.1 Å². The third-order valence-corrected chi connectivity index (χ3v) is 4.14. The minimum atomic E-state index is 0.171. The number of benzene rings is 1. The molecule has 1 atom stereocenters. The second kappa shape index (κ2) is 6.26. The molecular formula is C14H17ClN2OS. The first-order valence-corrected chi connectivity index (χ1v) is 7.46. The van der Waals surface area contributed by atoms with Crippen LogP contribution in [0.1, 0.15) is 30.5 Å². The molecule has 1 heterocycles. The highest BCUT2D eigenvalue weighted by molar-refractivity contribution is 7.09. The number of rotatable bonds is 5. The van der Waals surface area contributed by atoms with Gasteiger partial charge in [0.25, 0.3) is 0 Å². The quantitative estimate of drug-likeness (QED) is 0.870. The number of thiazole rings is 1. The minimum Gasteiger partial charge on any atom is -0.492 e. The summed E-state index contributed by atoms with van der Waals surface area (Å²) in [5.41, 5.74) is 3.84. The molecule has 1 unspecified atom stereocenters. The van der Waals surface area contributed by atoms with Gasteiger partial charge in [0.05, 0.1) is 29.5 Å². The Morgan fingerprint density at radius 1 is 1.47 bits per heavy atom. The van der Waals surface area contributed by atoms with E-state index in [2.05, 4.69) is 17.2 Å². The lowest BCUT2D eigenvalue weighted by atomic mass is 10.2. The van der Waals surface area contributed by atoms with E-state index in [1.165, 1.54) is 4.88 Å². The van der Waals surface area contributed by atoms with Gasteiger partial charge in [0, 0.05) is 9.90 Å². The molecule has 0 radical (unpaired) electrons. The zero-order valence-corrected chi connectivity index (χ0v) is 12.8. The highest BCUT2D eigenvalue weighted by atomic mass is 35.5. The molecule has 19 heavy (non-hydrogen) atoms. The van der Waals surface area contributed by atoms with Crippen LogP contribution in [0.25, 0.3) is 0 Å². The Hall–Kier alpha value is -1.26. The van der Waals surface area contributed by atoms with E-state index in [0.29, 0.717) is 11.6 Å². The number of halogens is 1. The van der Waals surface area contributed by atoms with Gasteiger partial charge >= 0.3 is 0 Å². The van der Waals surface area contributed by atoms with E-state index in [1.807, 2.05) is 37.6 Å². The molecule has 5 heteroatoms. The molecule has 0 aliphatic heterocycles. The van der Waals surface area contributed by atoms with Crippen LogP contribution in [-0.4, -0.2) is 11.6 Å². The van der Waals surface area contributed by atoms with Crippen LogP contribution in [-0.2, 0) is 0 Å². The highest BCUT2D eigenvalue weighted by Crippen LogP contribution is 2.32. The van der Waals surface area contributed by atoms with E-state index < -0.39 is 0 Å². The molecule has 0 saturated heterocycles. The van der Waals surface area contributed by atoms with Gasteiger partial charge in [-0.05, 0) is 39.0 Å². The molecule has 1 N–H and O–H groups in total. The zero-order valence-electron chi connectivity index (χ0n) is 11.2. The van der Waals surface area contributed by atoms with E-state index >= 15 is 0 Å². The van der Waals surface area contributed by atoms with Crippen molar-refractivity contribution in [3.63, 3.8) is 0 Å². The van der Waals surface area contributed by atoms with Crippen molar-refractivity contribution in [1.82, 2.24) is 4.98 Å². The minimum absolute atomic E-state index is 0.171. The first-order chi connectivity index (χ1) is 9.11. The van der Waals surface area contributed by atoms with Gasteiger partial charge in [-0.3, -0.25) is 0 Å². The van der Waals surface area contributed by atoms with Gasteiger partial charge in [-0.1, -0.05) is 11.6 Å². The summed E-state index contributed by atoms with van der Waals surface area (Å²) in [6.07, 6.45) is 0. The fourth-order valence-electron chi connectivity index (χ4n) is 1.92. The molecule has 0 aliphatic rings. The monoisotopic (exact) mass is 296 g/mol. The van der Waals surface area contributed by atoms with E-state index in [9.17, 15) is 0 Å². The average molecular weight is 297 g/mol. The summed E-state index contributed by atoms with van der Waals surface area (Å²) >= 11 is 7.70. The van der Waals surface area contributed by atoms with Crippen LogP contribution >= 0.6 is 22.9 Å². The largest absolute Gasteiger partial charge is 0.492 e. The van der Waals surface area contributed by atoms with Gasteiger partial charge in [0.1, 0.15) is 5.75 Å². The molecular weight excluding hydrogens is 280 g/mol. The van der Waals surface area contributed by atoms with Crippen molar-refractivity contribution in [2.24, 2.45) is 0 Å². The molecule has 102 valence electrons. The van der Waals surface area contributed by atoms with Crippen LogP contribution in [0.5, 0.6) is 5.75 Å². The summed E-state index contributed by atoms with van der Waals surface area (Å²) in [7, 11) is 0. The number of nitrogens with one attached hydrogen (secondary N) is 1. The third-order valence-electron chi connectivity index (χ3n) is 2.79. The fraction of sp³-hybridized carbons (Fsp3) is 0.357. The summed E-state index contributed by atoms with van der Waals surface area (Å²) < 4.78 is 5.61. The number of aryl methyl sites for hydroxylation is 1. The van der Waals surface area contributed by atoms with Crippen LogP contribution in [0, 0.1) is 6.92 Å². The Labute approximate surface area is 122 Å². The van der Waals surface area contributed by atoms with Crippen molar-refractivity contribution >= 4 is 28.6 Å². The lowest BCUT2D eigenvalue weighted by molar-refractivity contribution is 0.341. The van der Waals surface area contributed by atoms with Gasteiger partial charge in [-0.25, -0.2) is 4.98 Å². The Balaban J connectivity index is 2.22. The van der Waals surface area contributed by atoms with Crippen LogP contribution in [0.15, 0.2) is 23.7 Å². The van der Waals surface area contributed by atoms with Crippen molar-refractivity contribution in [3.05, 3.63) is 39.3 Å². The topological polar surface area (TPSA) is 34.1 Å². The van der Waals surface area contributed by atoms with E-state index in [1.54, 1.807) is 11.3 Å². The van der Waals surface area contributed by atoms with Crippen LogP contribution < -0.4 is 10.1 Å². The molecule has 0 fully saturated rings. The average Bonchev–Trinajstić information content (AvgIpc) is 2.79. The molecule has 0 bridgehead atoms. The molecule has 0 spiro atoms. The normalized spacial score (nSPS) is 12.2. The van der Waals surface area contributed by atoms with Crippen molar-refractivity contribution < 1.29 is 4.74 Å². The summed E-state index contributed by atoms with van der Waals surface area (Å²) in [6, 6.07) is 5.78.